The van der Waals surface area contributed by atoms with Crippen molar-refractivity contribution in [1.29, 1.82) is 0 Å². The van der Waals surface area contributed by atoms with Crippen LogP contribution in [0.5, 0.6) is 0 Å². The minimum absolute atomic E-state index is 0.687. The molecule has 2 rings (SSSR count). The van der Waals surface area contributed by atoms with Crippen LogP contribution in [0, 0.1) is 6.92 Å². The van der Waals surface area contributed by atoms with Crippen LogP contribution in [0.25, 0.3) is 0 Å². The predicted molar refractivity (Wildman–Crippen MR) is 63.1 cm³/mol. The van der Waals surface area contributed by atoms with Crippen LogP contribution in [0.1, 0.15) is 42.4 Å². The van der Waals surface area contributed by atoms with Gasteiger partial charge in [-0.2, -0.15) is 0 Å². The molecule has 3 unspecified atom stereocenters. The van der Waals surface area contributed by atoms with Crippen molar-refractivity contribution < 1.29 is 0 Å². The number of rotatable bonds is 2. The van der Waals surface area contributed by atoms with Crippen molar-refractivity contribution in [2.45, 2.75) is 51.6 Å². The van der Waals surface area contributed by atoms with E-state index in [1.807, 2.05) is 11.3 Å². The lowest BCUT2D eigenvalue weighted by Gasteiger charge is -2.15. The van der Waals surface area contributed by atoms with E-state index >= 15 is 0 Å². The van der Waals surface area contributed by atoms with Crippen LogP contribution >= 0.6 is 11.3 Å². The number of hydrogen-bond donors (Lipinski definition) is 1. The topological polar surface area (TPSA) is 12.0 Å². The van der Waals surface area contributed by atoms with Gasteiger partial charge >= 0.3 is 0 Å². The van der Waals surface area contributed by atoms with Gasteiger partial charge < -0.3 is 5.32 Å². The molecule has 1 aliphatic heterocycles. The molecule has 3 atom stereocenters. The van der Waals surface area contributed by atoms with Crippen LogP contribution in [0.15, 0.2) is 12.1 Å². The van der Waals surface area contributed by atoms with Gasteiger partial charge in [-0.25, -0.2) is 0 Å². The third-order valence-electron chi connectivity index (χ3n) is 3.16. The molecular weight excluding hydrogens is 190 g/mol. The molecule has 0 bridgehead atoms. The van der Waals surface area contributed by atoms with Gasteiger partial charge in [-0.3, -0.25) is 0 Å². The van der Waals surface area contributed by atoms with Crippen LogP contribution in [0.4, 0.5) is 0 Å². The second-order valence-electron chi connectivity index (χ2n) is 4.37. The van der Waals surface area contributed by atoms with E-state index in [9.17, 15) is 0 Å². The SMILES string of the molecule is CCC1NC(C)CC1c1ccc(C)s1. The van der Waals surface area contributed by atoms with E-state index in [1.54, 1.807) is 4.88 Å². The maximum absolute atomic E-state index is 3.67. The monoisotopic (exact) mass is 209 g/mol. The molecule has 1 aromatic rings. The highest BCUT2D eigenvalue weighted by Gasteiger charge is 2.31. The van der Waals surface area contributed by atoms with E-state index in [1.165, 1.54) is 17.7 Å². The molecule has 0 aliphatic carbocycles. The van der Waals surface area contributed by atoms with Crippen molar-refractivity contribution in [3.8, 4) is 0 Å². The van der Waals surface area contributed by atoms with E-state index in [0.717, 1.165) is 5.92 Å². The summed E-state index contributed by atoms with van der Waals surface area (Å²) in [5.41, 5.74) is 0. The first-order valence-electron chi connectivity index (χ1n) is 5.53. The van der Waals surface area contributed by atoms with E-state index in [0.29, 0.717) is 12.1 Å². The van der Waals surface area contributed by atoms with Gasteiger partial charge in [-0.15, -0.1) is 11.3 Å². The highest BCUT2D eigenvalue weighted by Crippen LogP contribution is 2.35. The zero-order chi connectivity index (χ0) is 10.1. The standard InChI is InChI=1S/C12H19NS/c1-4-11-10(7-8(2)13-11)12-6-5-9(3)14-12/h5-6,8,10-11,13H,4,7H2,1-3H3. The number of nitrogens with one attached hydrogen (secondary N) is 1. The highest BCUT2D eigenvalue weighted by molar-refractivity contribution is 7.12. The number of aryl methyl sites for hydroxylation is 1. The minimum atomic E-state index is 0.687. The van der Waals surface area contributed by atoms with E-state index in [4.69, 9.17) is 0 Å². The summed E-state index contributed by atoms with van der Waals surface area (Å²) in [6.45, 7) is 6.77. The quantitative estimate of drug-likeness (QED) is 0.788. The molecule has 0 aromatic carbocycles. The zero-order valence-corrected chi connectivity index (χ0v) is 10.0. The first-order chi connectivity index (χ1) is 6.70. The lowest BCUT2D eigenvalue weighted by molar-refractivity contribution is 0.521. The second kappa shape index (κ2) is 4.03. The smallest absolute Gasteiger partial charge is 0.0144 e. The van der Waals surface area contributed by atoms with Gasteiger partial charge in [0.05, 0.1) is 0 Å². The Bertz CT molecular complexity index is 305. The Morgan fingerprint density at radius 2 is 2.29 bits per heavy atom. The minimum Gasteiger partial charge on any atom is -0.311 e. The van der Waals surface area contributed by atoms with Crippen molar-refractivity contribution in [2.75, 3.05) is 0 Å². The summed E-state index contributed by atoms with van der Waals surface area (Å²) >= 11 is 1.97. The molecule has 0 spiro atoms. The fourth-order valence-corrected chi connectivity index (χ4v) is 3.52. The molecule has 0 radical (unpaired) electrons. The Hall–Kier alpha value is -0.340. The summed E-state index contributed by atoms with van der Waals surface area (Å²) in [6.07, 6.45) is 2.55. The predicted octanol–water partition coefficient (Wildman–Crippen LogP) is 3.30. The summed E-state index contributed by atoms with van der Waals surface area (Å²) in [7, 11) is 0. The maximum Gasteiger partial charge on any atom is 0.0144 e. The summed E-state index contributed by atoms with van der Waals surface area (Å²) in [6, 6.07) is 5.94. The van der Waals surface area contributed by atoms with Crippen LogP contribution in [-0.2, 0) is 0 Å². The van der Waals surface area contributed by atoms with Crippen LogP contribution in [0.3, 0.4) is 0 Å². The van der Waals surface area contributed by atoms with Crippen molar-refractivity contribution in [3.63, 3.8) is 0 Å². The summed E-state index contributed by atoms with van der Waals surface area (Å²) in [5.74, 6) is 0.758. The normalized spacial score (nSPS) is 32.4. The fraction of sp³-hybridized carbons (Fsp3) is 0.667. The molecule has 0 amide bonds. The van der Waals surface area contributed by atoms with Gasteiger partial charge in [-0.05, 0) is 38.8 Å². The van der Waals surface area contributed by atoms with Crippen LogP contribution in [0.2, 0.25) is 0 Å². The van der Waals surface area contributed by atoms with Gasteiger partial charge in [-0.1, -0.05) is 6.92 Å². The molecule has 14 heavy (non-hydrogen) atoms. The van der Waals surface area contributed by atoms with Gasteiger partial charge in [0.25, 0.3) is 0 Å². The molecule has 1 aliphatic rings. The Kier molecular flexibility index (Phi) is 2.93. The van der Waals surface area contributed by atoms with Crippen molar-refractivity contribution in [3.05, 3.63) is 21.9 Å². The molecule has 0 saturated carbocycles. The van der Waals surface area contributed by atoms with E-state index < -0.39 is 0 Å². The summed E-state index contributed by atoms with van der Waals surface area (Å²) in [5, 5.41) is 3.67. The van der Waals surface area contributed by atoms with Gasteiger partial charge in [0.15, 0.2) is 0 Å². The van der Waals surface area contributed by atoms with E-state index in [-0.39, 0.29) is 0 Å². The Labute approximate surface area is 90.5 Å². The third kappa shape index (κ3) is 1.86. The lowest BCUT2D eigenvalue weighted by atomic mass is 9.96. The summed E-state index contributed by atoms with van der Waals surface area (Å²) < 4.78 is 0. The Balaban J connectivity index is 2.17. The molecule has 1 nitrogen and oxygen atoms in total. The lowest BCUT2D eigenvalue weighted by Crippen LogP contribution is -2.28. The third-order valence-corrected chi connectivity index (χ3v) is 4.29. The van der Waals surface area contributed by atoms with Crippen LogP contribution < -0.4 is 5.32 Å². The van der Waals surface area contributed by atoms with Gasteiger partial charge in [0, 0.05) is 27.8 Å². The average molecular weight is 209 g/mol. The fourth-order valence-electron chi connectivity index (χ4n) is 2.46. The van der Waals surface area contributed by atoms with Gasteiger partial charge in [0.1, 0.15) is 0 Å². The number of hydrogen-bond acceptors (Lipinski definition) is 2. The second-order valence-corrected chi connectivity index (χ2v) is 5.69. The highest BCUT2D eigenvalue weighted by atomic mass is 32.1. The Morgan fingerprint density at radius 1 is 1.50 bits per heavy atom. The molecule has 1 fully saturated rings. The molecule has 1 saturated heterocycles. The molecular formula is C12H19NS. The number of thiophene rings is 1. The van der Waals surface area contributed by atoms with Crippen molar-refractivity contribution in [2.24, 2.45) is 0 Å². The molecule has 2 heterocycles. The summed E-state index contributed by atoms with van der Waals surface area (Å²) in [4.78, 5) is 3.01. The van der Waals surface area contributed by atoms with Crippen molar-refractivity contribution in [1.82, 2.24) is 5.32 Å². The van der Waals surface area contributed by atoms with Crippen LogP contribution in [-0.4, -0.2) is 12.1 Å². The zero-order valence-electron chi connectivity index (χ0n) is 9.21. The molecule has 2 heteroatoms. The first kappa shape index (κ1) is 10.2. The van der Waals surface area contributed by atoms with E-state index in [2.05, 4.69) is 38.2 Å². The average Bonchev–Trinajstić information content (AvgIpc) is 2.71. The molecule has 1 aromatic heterocycles. The Morgan fingerprint density at radius 3 is 2.86 bits per heavy atom. The maximum atomic E-state index is 3.67. The van der Waals surface area contributed by atoms with Crippen molar-refractivity contribution >= 4 is 11.3 Å². The molecule has 78 valence electrons. The largest absolute Gasteiger partial charge is 0.311 e. The molecule has 1 N–H and O–H groups in total. The van der Waals surface area contributed by atoms with Gasteiger partial charge in [0.2, 0.25) is 0 Å². The first-order valence-corrected chi connectivity index (χ1v) is 6.34.